The van der Waals surface area contributed by atoms with Crippen molar-refractivity contribution in [2.24, 2.45) is 0 Å². The molecule has 26 heavy (non-hydrogen) atoms. The average Bonchev–Trinajstić information content (AvgIpc) is 2.59. The monoisotopic (exact) mass is 362 g/mol. The molecule has 0 aliphatic carbocycles. The normalized spacial score (nSPS) is 9.31. The van der Waals surface area contributed by atoms with Crippen LogP contribution >= 0.6 is 0 Å². The number of hydrogen-bond donors (Lipinski definition) is 6. The number of H-pyrrole nitrogens is 4. The second-order valence-corrected chi connectivity index (χ2v) is 5.03. The summed E-state index contributed by atoms with van der Waals surface area (Å²) in [6.45, 7) is 3.24. The van der Waals surface area contributed by atoms with Crippen LogP contribution < -0.4 is 22.5 Å². The largest absolute Gasteiger partial charge is 0.508 e. The van der Waals surface area contributed by atoms with Gasteiger partial charge in [-0.2, -0.15) is 0 Å². The minimum atomic E-state index is -0.467. The first-order chi connectivity index (χ1) is 12.2. The van der Waals surface area contributed by atoms with E-state index in [0.29, 0.717) is 11.1 Å². The van der Waals surface area contributed by atoms with E-state index in [2.05, 4.69) is 19.9 Å². The number of aryl methyl sites for hydroxylation is 2. The maximum Gasteiger partial charge on any atom is 0.325 e. The molecule has 0 bridgehead atoms. The highest BCUT2D eigenvalue weighted by Crippen LogP contribution is 2.13. The van der Waals surface area contributed by atoms with E-state index < -0.39 is 11.4 Å². The molecule has 138 valence electrons. The van der Waals surface area contributed by atoms with Crippen LogP contribution in [0.15, 0.2) is 55.8 Å². The lowest BCUT2D eigenvalue weighted by Crippen LogP contribution is -2.22. The molecule has 6 N–H and O–H groups in total. The molecule has 0 unspecified atom stereocenters. The minimum absolute atomic E-state index is 0.169. The molecule has 0 spiro atoms. The molecule has 0 radical (unpaired) electrons. The van der Waals surface area contributed by atoms with Crippen LogP contribution in [0.5, 0.6) is 11.5 Å². The van der Waals surface area contributed by atoms with Gasteiger partial charge < -0.3 is 20.2 Å². The van der Waals surface area contributed by atoms with Crippen LogP contribution in [0.1, 0.15) is 11.1 Å². The van der Waals surface area contributed by atoms with Gasteiger partial charge in [0.15, 0.2) is 0 Å². The molecule has 3 aromatic rings. The van der Waals surface area contributed by atoms with Crippen molar-refractivity contribution >= 4 is 0 Å². The van der Waals surface area contributed by atoms with Crippen molar-refractivity contribution in [3.63, 3.8) is 0 Å². The van der Waals surface area contributed by atoms with Crippen molar-refractivity contribution in [1.29, 1.82) is 0 Å². The fourth-order valence-electron chi connectivity index (χ4n) is 1.41. The topological polar surface area (TPSA) is 172 Å². The summed E-state index contributed by atoms with van der Waals surface area (Å²) in [6, 6.07) is 5.70. The Morgan fingerprint density at radius 2 is 0.962 bits per heavy atom. The molecular formula is C16H18N4O6. The second kappa shape index (κ2) is 9.47. The number of rotatable bonds is 0. The van der Waals surface area contributed by atoms with E-state index in [1.54, 1.807) is 13.8 Å². The van der Waals surface area contributed by atoms with Gasteiger partial charge in [-0.15, -0.1) is 0 Å². The Morgan fingerprint density at radius 3 is 1.19 bits per heavy atom. The molecule has 0 saturated heterocycles. The SMILES string of the molecule is Cc1c[nH]c(=O)[nH]c1=O.Cc1c[nH]c(=O)[nH]c1=O.Oc1ccc(O)cc1. The van der Waals surface area contributed by atoms with Gasteiger partial charge in [0.2, 0.25) is 0 Å². The predicted octanol–water partition coefficient (Wildman–Crippen LogP) is -0.159. The van der Waals surface area contributed by atoms with Gasteiger partial charge in [-0.05, 0) is 38.1 Å². The van der Waals surface area contributed by atoms with Crippen molar-refractivity contribution in [3.8, 4) is 11.5 Å². The maximum absolute atomic E-state index is 10.6. The minimum Gasteiger partial charge on any atom is -0.508 e. The number of aromatic nitrogens is 4. The number of benzene rings is 1. The van der Waals surface area contributed by atoms with Gasteiger partial charge in [-0.3, -0.25) is 19.6 Å². The first kappa shape index (κ1) is 20.2. The van der Waals surface area contributed by atoms with Crippen molar-refractivity contribution < 1.29 is 10.2 Å². The van der Waals surface area contributed by atoms with Gasteiger partial charge in [0.1, 0.15) is 11.5 Å². The van der Waals surface area contributed by atoms with E-state index in [-0.39, 0.29) is 22.6 Å². The Bertz CT molecular complexity index is 973. The van der Waals surface area contributed by atoms with Crippen LogP contribution in [0.3, 0.4) is 0 Å². The zero-order valence-electron chi connectivity index (χ0n) is 14.0. The molecule has 0 amide bonds. The van der Waals surface area contributed by atoms with Gasteiger partial charge in [0.05, 0.1) is 0 Å². The summed E-state index contributed by atoms with van der Waals surface area (Å²) in [5, 5.41) is 17.3. The number of phenols is 2. The van der Waals surface area contributed by atoms with Gasteiger partial charge in [-0.1, -0.05) is 0 Å². The molecule has 1 aromatic carbocycles. The number of aromatic hydroxyl groups is 2. The molecule has 0 aliphatic heterocycles. The highest BCUT2D eigenvalue weighted by atomic mass is 16.3. The molecule has 2 aromatic heterocycles. The van der Waals surface area contributed by atoms with Crippen LogP contribution in [0, 0.1) is 13.8 Å². The first-order valence-corrected chi connectivity index (χ1v) is 7.24. The zero-order valence-corrected chi connectivity index (χ0v) is 14.0. The molecule has 0 aliphatic rings. The van der Waals surface area contributed by atoms with Crippen LogP contribution in [0.4, 0.5) is 0 Å². The highest BCUT2D eigenvalue weighted by molar-refractivity contribution is 5.28. The van der Waals surface area contributed by atoms with Crippen LogP contribution in [0.2, 0.25) is 0 Å². The van der Waals surface area contributed by atoms with Crippen molar-refractivity contribution in [3.05, 3.63) is 89.5 Å². The molecule has 0 saturated carbocycles. The average molecular weight is 362 g/mol. The molecular weight excluding hydrogens is 344 g/mol. The van der Waals surface area contributed by atoms with Gasteiger partial charge in [-0.25, -0.2) is 9.59 Å². The van der Waals surface area contributed by atoms with Gasteiger partial charge >= 0.3 is 11.4 Å². The summed E-state index contributed by atoms with van der Waals surface area (Å²) < 4.78 is 0. The summed E-state index contributed by atoms with van der Waals surface area (Å²) in [7, 11) is 0. The Labute approximate surface area is 145 Å². The Morgan fingerprint density at radius 1 is 0.654 bits per heavy atom. The Hall–Kier alpha value is -3.82. The lowest BCUT2D eigenvalue weighted by molar-refractivity contribution is 0.460. The third-order valence-electron chi connectivity index (χ3n) is 2.86. The van der Waals surface area contributed by atoms with Crippen molar-refractivity contribution in [2.75, 3.05) is 0 Å². The number of phenolic OH excluding ortho intramolecular Hbond substituents is 2. The predicted molar refractivity (Wildman–Crippen MR) is 94.6 cm³/mol. The van der Waals surface area contributed by atoms with E-state index in [1.807, 2.05) is 0 Å². The molecule has 10 heteroatoms. The van der Waals surface area contributed by atoms with E-state index >= 15 is 0 Å². The van der Waals surface area contributed by atoms with Crippen molar-refractivity contribution in [2.45, 2.75) is 13.8 Å². The molecule has 2 heterocycles. The Kier molecular flexibility index (Phi) is 7.37. The summed E-state index contributed by atoms with van der Waals surface area (Å²) in [5.74, 6) is 0.339. The maximum atomic E-state index is 10.6. The fourth-order valence-corrected chi connectivity index (χ4v) is 1.41. The quantitative estimate of drug-likeness (QED) is 0.303. The first-order valence-electron chi connectivity index (χ1n) is 7.24. The smallest absolute Gasteiger partial charge is 0.325 e. The third-order valence-corrected chi connectivity index (χ3v) is 2.86. The fraction of sp³-hybridized carbons (Fsp3) is 0.125. The van der Waals surface area contributed by atoms with Gasteiger partial charge in [0, 0.05) is 23.5 Å². The van der Waals surface area contributed by atoms with E-state index in [0.717, 1.165) is 0 Å². The van der Waals surface area contributed by atoms with Crippen LogP contribution in [-0.2, 0) is 0 Å². The summed E-state index contributed by atoms with van der Waals surface area (Å²) in [4.78, 5) is 50.6. The summed E-state index contributed by atoms with van der Waals surface area (Å²) in [5.41, 5.74) is -0.585. The molecule has 0 fully saturated rings. The summed E-state index contributed by atoms with van der Waals surface area (Å²) >= 11 is 0. The van der Waals surface area contributed by atoms with E-state index in [1.165, 1.54) is 36.7 Å². The van der Waals surface area contributed by atoms with E-state index in [9.17, 15) is 19.2 Å². The number of aromatic amines is 4. The van der Waals surface area contributed by atoms with Gasteiger partial charge in [0.25, 0.3) is 11.1 Å². The lowest BCUT2D eigenvalue weighted by Gasteiger charge is -1.88. The Balaban J connectivity index is 0.000000195. The standard InChI is InChI=1S/C6H6O2.2C5H6N2O2/c7-5-1-2-6(8)4-3-5;2*1-3-2-6-5(9)7-4(3)8/h1-4,7-8H;2*2H,1H3,(H2,6,7,8,9). The van der Waals surface area contributed by atoms with Crippen molar-refractivity contribution in [1.82, 2.24) is 19.9 Å². The molecule has 0 atom stereocenters. The third kappa shape index (κ3) is 7.17. The molecule has 3 rings (SSSR count). The molecule has 10 nitrogen and oxygen atoms in total. The summed E-state index contributed by atoms with van der Waals surface area (Å²) in [6.07, 6.45) is 2.75. The highest BCUT2D eigenvalue weighted by Gasteiger charge is 1.89. The second-order valence-electron chi connectivity index (χ2n) is 5.03. The van der Waals surface area contributed by atoms with Crippen LogP contribution in [0.25, 0.3) is 0 Å². The van der Waals surface area contributed by atoms with E-state index in [4.69, 9.17) is 10.2 Å². The number of nitrogens with one attached hydrogen (secondary N) is 4. The zero-order chi connectivity index (χ0) is 19.7. The van der Waals surface area contributed by atoms with Crippen LogP contribution in [-0.4, -0.2) is 30.1 Å². The lowest BCUT2D eigenvalue weighted by atomic mass is 10.3. The number of hydrogen-bond acceptors (Lipinski definition) is 6.